The second-order valence-corrected chi connectivity index (χ2v) is 4.59. The van der Waals surface area contributed by atoms with E-state index in [4.69, 9.17) is 16.3 Å². The molecule has 0 spiro atoms. The van der Waals surface area contributed by atoms with Gasteiger partial charge in [0.25, 0.3) is 0 Å². The molecule has 0 bridgehead atoms. The van der Waals surface area contributed by atoms with Crippen LogP contribution < -0.4 is 10.1 Å². The Morgan fingerprint density at radius 1 is 1.11 bits per heavy atom. The second kappa shape index (κ2) is 5.78. The van der Waals surface area contributed by atoms with E-state index in [9.17, 15) is 0 Å². The third kappa shape index (κ3) is 3.17. The third-order valence-electron chi connectivity index (χ3n) is 2.77. The molecule has 94 valence electrons. The Morgan fingerprint density at radius 2 is 1.83 bits per heavy atom. The van der Waals surface area contributed by atoms with Gasteiger partial charge < -0.3 is 10.1 Å². The Bertz CT molecular complexity index is 523. The lowest BCUT2D eigenvalue weighted by Crippen LogP contribution is -2.00. The van der Waals surface area contributed by atoms with Crippen molar-refractivity contribution in [1.29, 1.82) is 0 Å². The van der Waals surface area contributed by atoms with Crippen molar-refractivity contribution < 1.29 is 4.74 Å². The molecule has 2 nitrogen and oxygen atoms in total. The van der Waals surface area contributed by atoms with Crippen LogP contribution in [-0.2, 0) is 6.54 Å². The van der Waals surface area contributed by atoms with Gasteiger partial charge in [-0.1, -0.05) is 29.8 Å². The van der Waals surface area contributed by atoms with Gasteiger partial charge in [0.15, 0.2) is 0 Å². The van der Waals surface area contributed by atoms with Crippen LogP contribution in [0.5, 0.6) is 5.75 Å². The number of methoxy groups -OCH3 is 1. The monoisotopic (exact) mass is 261 g/mol. The molecule has 0 heterocycles. The summed E-state index contributed by atoms with van der Waals surface area (Å²) in [4.78, 5) is 0. The summed E-state index contributed by atoms with van der Waals surface area (Å²) in [5.41, 5.74) is 3.31. The summed E-state index contributed by atoms with van der Waals surface area (Å²) < 4.78 is 5.12. The standard InChI is InChI=1S/C15H16ClNO/c1-11-3-8-15(14(16)9-11)17-10-12-4-6-13(18-2)7-5-12/h3-9,17H,10H2,1-2H3. The van der Waals surface area contributed by atoms with E-state index < -0.39 is 0 Å². The molecule has 3 heteroatoms. The molecule has 18 heavy (non-hydrogen) atoms. The van der Waals surface area contributed by atoms with Crippen molar-refractivity contribution in [3.63, 3.8) is 0 Å². The molecule has 0 radical (unpaired) electrons. The first-order chi connectivity index (χ1) is 8.69. The average Bonchev–Trinajstić information content (AvgIpc) is 2.38. The quantitative estimate of drug-likeness (QED) is 0.888. The number of ether oxygens (including phenoxy) is 1. The maximum Gasteiger partial charge on any atom is 0.118 e. The fourth-order valence-corrected chi connectivity index (χ4v) is 2.01. The van der Waals surface area contributed by atoms with Gasteiger partial charge in [-0.25, -0.2) is 0 Å². The van der Waals surface area contributed by atoms with Crippen molar-refractivity contribution >= 4 is 17.3 Å². The highest BCUT2D eigenvalue weighted by atomic mass is 35.5. The lowest BCUT2D eigenvalue weighted by atomic mass is 10.2. The molecule has 0 aliphatic carbocycles. The second-order valence-electron chi connectivity index (χ2n) is 4.18. The topological polar surface area (TPSA) is 21.3 Å². The molecule has 0 saturated carbocycles. The summed E-state index contributed by atoms with van der Waals surface area (Å²) >= 11 is 6.16. The van der Waals surface area contributed by atoms with Gasteiger partial charge in [-0.05, 0) is 42.3 Å². The summed E-state index contributed by atoms with van der Waals surface area (Å²) in [6.45, 7) is 2.77. The number of hydrogen-bond acceptors (Lipinski definition) is 2. The molecule has 2 aromatic rings. The molecule has 2 aromatic carbocycles. The molecule has 0 aliphatic rings. The van der Waals surface area contributed by atoms with Crippen LogP contribution in [0.25, 0.3) is 0 Å². The maximum atomic E-state index is 6.16. The number of benzene rings is 2. The van der Waals surface area contributed by atoms with Crippen LogP contribution in [-0.4, -0.2) is 7.11 Å². The number of hydrogen-bond donors (Lipinski definition) is 1. The molecule has 1 N–H and O–H groups in total. The van der Waals surface area contributed by atoms with E-state index in [0.29, 0.717) is 0 Å². The number of anilines is 1. The van der Waals surface area contributed by atoms with E-state index in [2.05, 4.69) is 5.32 Å². The number of rotatable bonds is 4. The van der Waals surface area contributed by atoms with Crippen LogP contribution in [0.15, 0.2) is 42.5 Å². The normalized spacial score (nSPS) is 10.2. The fraction of sp³-hybridized carbons (Fsp3) is 0.200. The summed E-state index contributed by atoms with van der Waals surface area (Å²) in [6, 6.07) is 14.0. The van der Waals surface area contributed by atoms with Crippen molar-refractivity contribution in [2.45, 2.75) is 13.5 Å². The van der Waals surface area contributed by atoms with Crippen LogP contribution in [0.1, 0.15) is 11.1 Å². The molecular formula is C15H16ClNO. The summed E-state index contributed by atoms with van der Waals surface area (Å²) in [7, 11) is 1.67. The predicted octanol–water partition coefficient (Wildman–Crippen LogP) is 4.27. The molecule has 0 unspecified atom stereocenters. The highest BCUT2D eigenvalue weighted by Gasteiger charge is 2.00. The zero-order chi connectivity index (χ0) is 13.0. The van der Waals surface area contributed by atoms with Gasteiger partial charge in [0.05, 0.1) is 17.8 Å². The number of halogens is 1. The highest BCUT2D eigenvalue weighted by Crippen LogP contribution is 2.23. The van der Waals surface area contributed by atoms with Gasteiger partial charge in [-0.2, -0.15) is 0 Å². The molecule has 0 fully saturated rings. The van der Waals surface area contributed by atoms with Gasteiger partial charge in [0, 0.05) is 6.54 Å². The zero-order valence-electron chi connectivity index (χ0n) is 10.5. The van der Waals surface area contributed by atoms with E-state index in [1.54, 1.807) is 7.11 Å². The molecule has 0 amide bonds. The van der Waals surface area contributed by atoms with Crippen LogP contribution in [0, 0.1) is 6.92 Å². The first kappa shape index (κ1) is 12.8. The Kier molecular flexibility index (Phi) is 4.11. The van der Waals surface area contributed by atoms with Crippen LogP contribution in [0.3, 0.4) is 0 Å². The average molecular weight is 262 g/mol. The van der Waals surface area contributed by atoms with Crippen molar-refractivity contribution in [1.82, 2.24) is 0 Å². The summed E-state index contributed by atoms with van der Waals surface area (Å²) in [6.07, 6.45) is 0. The minimum atomic E-state index is 0.743. The molecule has 0 saturated heterocycles. The molecule has 0 aliphatic heterocycles. The Morgan fingerprint density at radius 3 is 2.44 bits per heavy atom. The minimum Gasteiger partial charge on any atom is -0.497 e. The number of aryl methyl sites for hydroxylation is 1. The van der Waals surface area contributed by atoms with Crippen molar-refractivity contribution in [3.05, 3.63) is 58.6 Å². The smallest absolute Gasteiger partial charge is 0.118 e. The van der Waals surface area contributed by atoms with Gasteiger partial charge >= 0.3 is 0 Å². The van der Waals surface area contributed by atoms with Crippen LogP contribution in [0.4, 0.5) is 5.69 Å². The Hall–Kier alpha value is -1.67. The van der Waals surface area contributed by atoms with E-state index in [1.165, 1.54) is 5.56 Å². The van der Waals surface area contributed by atoms with Gasteiger partial charge in [-0.15, -0.1) is 0 Å². The Balaban J connectivity index is 2.02. The SMILES string of the molecule is COc1ccc(CNc2ccc(C)cc2Cl)cc1. The van der Waals surface area contributed by atoms with Crippen LogP contribution >= 0.6 is 11.6 Å². The van der Waals surface area contributed by atoms with Gasteiger partial charge in [0.1, 0.15) is 5.75 Å². The predicted molar refractivity (Wildman–Crippen MR) is 76.5 cm³/mol. The van der Waals surface area contributed by atoms with Gasteiger partial charge in [-0.3, -0.25) is 0 Å². The van der Waals surface area contributed by atoms with E-state index in [0.717, 1.165) is 28.6 Å². The fourth-order valence-electron chi connectivity index (χ4n) is 1.70. The number of nitrogens with one attached hydrogen (secondary N) is 1. The van der Waals surface area contributed by atoms with Crippen molar-refractivity contribution in [3.8, 4) is 5.75 Å². The van der Waals surface area contributed by atoms with E-state index >= 15 is 0 Å². The van der Waals surface area contributed by atoms with E-state index in [-0.39, 0.29) is 0 Å². The molecular weight excluding hydrogens is 246 g/mol. The molecule has 0 aromatic heterocycles. The third-order valence-corrected chi connectivity index (χ3v) is 3.08. The van der Waals surface area contributed by atoms with Gasteiger partial charge in [0.2, 0.25) is 0 Å². The largest absolute Gasteiger partial charge is 0.497 e. The van der Waals surface area contributed by atoms with E-state index in [1.807, 2.05) is 49.4 Å². The first-order valence-corrected chi connectivity index (χ1v) is 6.20. The van der Waals surface area contributed by atoms with Crippen molar-refractivity contribution in [2.75, 3.05) is 12.4 Å². The lowest BCUT2D eigenvalue weighted by molar-refractivity contribution is 0.414. The van der Waals surface area contributed by atoms with Crippen molar-refractivity contribution in [2.24, 2.45) is 0 Å². The first-order valence-electron chi connectivity index (χ1n) is 5.82. The Labute approximate surface area is 113 Å². The zero-order valence-corrected chi connectivity index (χ0v) is 11.3. The molecule has 0 atom stereocenters. The maximum absolute atomic E-state index is 6.16. The minimum absolute atomic E-state index is 0.743. The summed E-state index contributed by atoms with van der Waals surface area (Å²) in [5.74, 6) is 0.868. The molecule has 2 rings (SSSR count). The summed E-state index contributed by atoms with van der Waals surface area (Å²) in [5, 5.41) is 4.07. The van der Waals surface area contributed by atoms with Crippen LogP contribution in [0.2, 0.25) is 5.02 Å². The highest BCUT2D eigenvalue weighted by molar-refractivity contribution is 6.33. The lowest BCUT2D eigenvalue weighted by Gasteiger charge is -2.09.